The predicted octanol–water partition coefficient (Wildman–Crippen LogP) is 2.21. The van der Waals surface area contributed by atoms with E-state index in [2.05, 4.69) is 10.5 Å². The number of amides is 1. The third-order valence-corrected chi connectivity index (χ3v) is 7.40. The van der Waals surface area contributed by atoms with Crippen LogP contribution in [0.2, 0.25) is 0 Å². The van der Waals surface area contributed by atoms with E-state index < -0.39 is 10.0 Å². The third kappa shape index (κ3) is 5.27. The number of hydrogen-bond donors (Lipinski definition) is 1. The molecule has 2 heterocycles. The number of sulfonamides is 1. The highest BCUT2D eigenvalue weighted by atomic mass is 32.2. The molecule has 8 nitrogen and oxygen atoms in total. The molecule has 0 radical (unpaired) electrons. The van der Waals surface area contributed by atoms with Gasteiger partial charge in [-0.3, -0.25) is 9.69 Å². The summed E-state index contributed by atoms with van der Waals surface area (Å²) in [5.74, 6) is 0.575. The van der Waals surface area contributed by atoms with E-state index in [1.54, 1.807) is 28.6 Å². The number of carbonyl (C=O) groups is 1. The highest BCUT2D eigenvalue weighted by molar-refractivity contribution is 7.89. The fraction of sp³-hybridized carbons (Fsp3) is 0.524. The topological polar surface area (TPSA) is 95.7 Å². The van der Waals surface area contributed by atoms with Crippen LogP contribution in [0.4, 0.5) is 0 Å². The fourth-order valence-electron chi connectivity index (χ4n) is 3.69. The van der Waals surface area contributed by atoms with E-state index in [0.29, 0.717) is 25.2 Å². The van der Waals surface area contributed by atoms with Gasteiger partial charge in [-0.25, -0.2) is 8.42 Å². The number of nitrogens with zero attached hydrogens (tertiary/aromatic N) is 3. The Bertz CT molecular complexity index is 961. The lowest BCUT2D eigenvalue weighted by Crippen LogP contribution is -2.37. The van der Waals surface area contributed by atoms with Crippen LogP contribution in [0.1, 0.15) is 41.8 Å². The second-order valence-electron chi connectivity index (χ2n) is 7.82. The lowest BCUT2D eigenvalue weighted by molar-refractivity contribution is -0.122. The van der Waals surface area contributed by atoms with E-state index in [1.165, 1.54) is 0 Å². The Morgan fingerprint density at radius 3 is 2.57 bits per heavy atom. The first kappa shape index (κ1) is 22.5. The lowest BCUT2D eigenvalue weighted by Gasteiger charge is -2.27. The Hall–Kier alpha value is -2.23. The Morgan fingerprint density at radius 1 is 1.20 bits per heavy atom. The van der Waals surface area contributed by atoms with Crippen molar-refractivity contribution in [2.24, 2.45) is 0 Å². The number of piperidine rings is 1. The molecule has 1 aliphatic heterocycles. The highest BCUT2D eigenvalue weighted by Gasteiger charge is 2.28. The first-order valence-corrected chi connectivity index (χ1v) is 11.7. The standard InChI is InChI=1S/C21H30N4O4S/c1-16-19(17(2)29-23-16)14-24(3)15-21(26)22-13-18-9-5-6-10-20(18)30(27,28)25-11-7-4-8-12-25/h5-6,9-10H,4,7-8,11-15H2,1-3H3,(H,22,26). The number of aryl methyl sites for hydroxylation is 2. The average molecular weight is 435 g/mol. The molecule has 1 amide bonds. The van der Waals surface area contributed by atoms with Crippen molar-refractivity contribution in [1.29, 1.82) is 0 Å². The van der Waals surface area contributed by atoms with E-state index in [1.807, 2.05) is 25.8 Å². The van der Waals surface area contributed by atoms with Crippen LogP contribution in [0.3, 0.4) is 0 Å². The SMILES string of the molecule is Cc1noc(C)c1CN(C)CC(=O)NCc1ccccc1S(=O)(=O)N1CCCCC1. The number of nitrogens with one attached hydrogen (secondary N) is 1. The molecular formula is C21H30N4O4S. The zero-order chi connectivity index (χ0) is 21.7. The van der Waals surface area contributed by atoms with Gasteiger partial charge >= 0.3 is 0 Å². The largest absolute Gasteiger partial charge is 0.361 e. The lowest BCUT2D eigenvalue weighted by atomic mass is 10.2. The normalized spacial score (nSPS) is 15.5. The number of carbonyl (C=O) groups excluding carboxylic acids is 1. The molecule has 1 fully saturated rings. The summed E-state index contributed by atoms with van der Waals surface area (Å²) in [6.07, 6.45) is 2.83. The molecule has 9 heteroatoms. The van der Waals surface area contributed by atoms with E-state index in [9.17, 15) is 13.2 Å². The summed E-state index contributed by atoms with van der Waals surface area (Å²) in [6, 6.07) is 6.89. The molecule has 1 aromatic heterocycles. The molecule has 0 saturated carbocycles. The van der Waals surface area contributed by atoms with Gasteiger partial charge in [-0.05, 0) is 45.4 Å². The molecule has 164 valence electrons. The van der Waals surface area contributed by atoms with Crippen molar-refractivity contribution in [2.75, 3.05) is 26.7 Å². The number of aromatic nitrogens is 1. The van der Waals surface area contributed by atoms with Crippen molar-refractivity contribution in [2.45, 2.75) is 51.1 Å². The maximum Gasteiger partial charge on any atom is 0.243 e. The summed E-state index contributed by atoms with van der Waals surface area (Å²) in [4.78, 5) is 14.6. The molecule has 1 aromatic carbocycles. The van der Waals surface area contributed by atoms with E-state index >= 15 is 0 Å². The summed E-state index contributed by atoms with van der Waals surface area (Å²) in [7, 11) is -1.71. The van der Waals surface area contributed by atoms with Crippen LogP contribution in [-0.2, 0) is 27.9 Å². The van der Waals surface area contributed by atoms with E-state index in [0.717, 1.165) is 36.3 Å². The van der Waals surface area contributed by atoms with Crippen LogP contribution in [0.15, 0.2) is 33.7 Å². The molecule has 1 aliphatic rings. The number of benzene rings is 1. The first-order chi connectivity index (χ1) is 14.3. The number of hydrogen-bond acceptors (Lipinski definition) is 6. The Morgan fingerprint density at radius 2 is 1.90 bits per heavy atom. The van der Waals surface area contributed by atoms with Crippen molar-refractivity contribution in [3.63, 3.8) is 0 Å². The minimum absolute atomic E-state index is 0.168. The zero-order valence-corrected chi connectivity index (χ0v) is 18.7. The Kier molecular flexibility index (Phi) is 7.27. The smallest absolute Gasteiger partial charge is 0.243 e. The molecule has 1 N–H and O–H groups in total. The summed E-state index contributed by atoms with van der Waals surface area (Å²) in [5, 5.41) is 6.78. The summed E-state index contributed by atoms with van der Waals surface area (Å²) in [5.41, 5.74) is 2.39. The van der Waals surface area contributed by atoms with Gasteiger partial charge in [0, 0.05) is 31.7 Å². The zero-order valence-electron chi connectivity index (χ0n) is 17.8. The van der Waals surface area contributed by atoms with Gasteiger partial charge in [-0.2, -0.15) is 4.31 Å². The van der Waals surface area contributed by atoms with Crippen LogP contribution >= 0.6 is 0 Å². The van der Waals surface area contributed by atoms with Gasteiger partial charge in [0.05, 0.1) is 17.1 Å². The first-order valence-electron chi connectivity index (χ1n) is 10.2. The fourth-order valence-corrected chi connectivity index (χ4v) is 5.43. The van der Waals surface area contributed by atoms with Crippen LogP contribution in [0.25, 0.3) is 0 Å². The van der Waals surface area contributed by atoms with Crippen molar-refractivity contribution < 1.29 is 17.7 Å². The highest BCUT2D eigenvalue weighted by Crippen LogP contribution is 2.23. The molecular weight excluding hydrogens is 404 g/mol. The molecule has 0 aliphatic carbocycles. The minimum atomic E-state index is -3.55. The van der Waals surface area contributed by atoms with Crippen molar-refractivity contribution >= 4 is 15.9 Å². The maximum absolute atomic E-state index is 13.1. The molecule has 30 heavy (non-hydrogen) atoms. The van der Waals surface area contributed by atoms with Gasteiger partial charge in [0.15, 0.2) is 0 Å². The molecule has 0 unspecified atom stereocenters. The molecule has 1 saturated heterocycles. The summed E-state index contributed by atoms with van der Waals surface area (Å²) in [6.45, 7) is 5.73. The van der Waals surface area contributed by atoms with Gasteiger partial charge in [0.25, 0.3) is 0 Å². The molecule has 0 spiro atoms. The average Bonchev–Trinajstić information content (AvgIpc) is 3.05. The second kappa shape index (κ2) is 9.72. The second-order valence-corrected chi connectivity index (χ2v) is 9.73. The van der Waals surface area contributed by atoms with Crippen molar-refractivity contribution in [1.82, 2.24) is 19.7 Å². The van der Waals surface area contributed by atoms with E-state index in [4.69, 9.17) is 4.52 Å². The Balaban J connectivity index is 1.61. The van der Waals surface area contributed by atoms with Gasteiger partial charge in [0.2, 0.25) is 15.9 Å². The van der Waals surface area contributed by atoms with Crippen molar-refractivity contribution in [3.05, 3.63) is 46.8 Å². The van der Waals surface area contributed by atoms with Crippen molar-refractivity contribution in [3.8, 4) is 0 Å². The minimum Gasteiger partial charge on any atom is -0.361 e. The molecule has 0 atom stereocenters. The molecule has 2 aromatic rings. The molecule has 3 rings (SSSR count). The maximum atomic E-state index is 13.1. The van der Waals surface area contributed by atoms with Crippen LogP contribution in [0, 0.1) is 13.8 Å². The quantitative estimate of drug-likeness (QED) is 0.684. The summed E-state index contributed by atoms with van der Waals surface area (Å²) >= 11 is 0. The van der Waals surface area contributed by atoms with Gasteiger partial charge in [-0.15, -0.1) is 0 Å². The van der Waals surface area contributed by atoms with Gasteiger partial charge in [0.1, 0.15) is 5.76 Å². The van der Waals surface area contributed by atoms with Crippen LogP contribution in [0.5, 0.6) is 0 Å². The predicted molar refractivity (Wildman–Crippen MR) is 113 cm³/mol. The molecule has 0 bridgehead atoms. The monoisotopic (exact) mass is 434 g/mol. The van der Waals surface area contributed by atoms with Crippen LogP contribution in [-0.4, -0.2) is 55.4 Å². The number of rotatable bonds is 8. The van der Waals surface area contributed by atoms with Crippen LogP contribution < -0.4 is 5.32 Å². The van der Waals surface area contributed by atoms with E-state index in [-0.39, 0.29) is 23.9 Å². The van der Waals surface area contributed by atoms with Gasteiger partial charge in [-0.1, -0.05) is 29.8 Å². The third-order valence-electron chi connectivity index (χ3n) is 5.40. The number of likely N-dealkylation sites (N-methyl/N-ethyl adjacent to an activating group) is 1. The van der Waals surface area contributed by atoms with Gasteiger partial charge < -0.3 is 9.84 Å². The Labute approximate surface area is 178 Å². The summed E-state index contributed by atoms with van der Waals surface area (Å²) < 4.78 is 32.8.